The maximum Gasteiger partial charge on any atom is 0.225 e. The zero-order valence-corrected chi connectivity index (χ0v) is 16.9. The number of hydrogen-bond acceptors (Lipinski definition) is 3. The standard InChI is InChI=1S/C20H30N6O/c1-20(2,3)18(27)22-11-12-23-19(21-4)25(5)14-16-13-24-26(15-16)17-9-7-6-8-10-17/h6-10,13,15H,11-12,14H2,1-5H3,(H,21,23)(H,22,27). The third-order valence-corrected chi connectivity index (χ3v) is 4.02. The predicted octanol–water partition coefficient (Wildman–Crippen LogP) is 2.04. The van der Waals surface area contributed by atoms with E-state index < -0.39 is 0 Å². The summed E-state index contributed by atoms with van der Waals surface area (Å²) in [5.41, 5.74) is 1.74. The largest absolute Gasteiger partial charge is 0.354 e. The number of hydrogen-bond donors (Lipinski definition) is 2. The quantitative estimate of drug-likeness (QED) is 0.464. The van der Waals surface area contributed by atoms with Crippen LogP contribution in [0.5, 0.6) is 0 Å². The molecule has 2 aromatic rings. The lowest BCUT2D eigenvalue weighted by Gasteiger charge is -2.22. The van der Waals surface area contributed by atoms with Crippen LogP contribution >= 0.6 is 0 Å². The number of aromatic nitrogens is 2. The Kier molecular flexibility index (Phi) is 6.98. The van der Waals surface area contributed by atoms with E-state index in [-0.39, 0.29) is 11.3 Å². The van der Waals surface area contributed by atoms with Gasteiger partial charge in [-0.25, -0.2) is 4.68 Å². The van der Waals surface area contributed by atoms with Crippen LogP contribution in [0, 0.1) is 5.41 Å². The van der Waals surface area contributed by atoms with Gasteiger partial charge in [-0.2, -0.15) is 5.10 Å². The first-order valence-electron chi connectivity index (χ1n) is 9.10. The Balaban J connectivity index is 1.84. The minimum Gasteiger partial charge on any atom is -0.354 e. The van der Waals surface area contributed by atoms with Gasteiger partial charge >= 0.3 is 0 Å². The molecule has 146 valence electrons. The van der Waals surface area contributed by atoms with Crippen molar-refractivity contribution in [2.45, 2.75) is 27.3 Å². The highest BCUT2D eigenvalue weighted by Crippen LogP contribution is 2.12. The number of benzene rings is 1. The Morgan fingerprint density at radius 2 is 1.85 bits per heavy atom. The smallest absolute Gasteiger partial charge is 0.225 e. The molecule has 0 saturated carbocycles. The van der Waals surface area contributed by atoms with Gasteiger partial charge in [-0.3, -0.25) is 9.79 Å². The molecule has 1 heterocycles. The summed E-state index contributed by atoms with van der Waals surface area (Å²) in [6.07, 6.45) is 3.88. The van der Waals surface area contributed by atoms with Crippen molar-refractivity contribution in [3.05, 3.63) is 48.3 Å². The Bertz CT molecular complexity index is 760. The molecule has 1 aromatic carbocycles. The minimum atomic E-state index is -0.378. The molecular weight excluding hydrogens is 340 g/mol. The van der Waals surface area contributed by atoms with E-state index in [0.29, 0.717) is 19.6 Å². The van der Waals surface area contributed by atoms with E-state index in [2.05, 4.69) is 20.7 Å². The second kappa shape index (κ2) is 9.21. The van der Waals surface area contributed by atoms with Crippen LogP contribution in [0.25, 0.3) is 5.69 Å². The van der Waals surface area contributed by atoms with Crippen LogP contribution < -0.4 is 10.6 Å². The molecule has 0 fully saturated rings. The molecule has 0 atom stereocenters. The van der Waals surface area contributed by atoms with Gasteiger partial charge in [0.25, 0.3) is 0 Å². The van der Waals surface area contributed by atoms with Crippen molar-refractivity contribution < 1.29 is 4.79 Å². The highest BCUT2D eigenvalue weighted by atomic mass is 16.2. The molecule has 0 bridgehead atoms. The van der Waals surface area contributed by atoms with E-state index in [1.54, 1.807) is 7.05 Å². The molecule has 27 heavy (non-hydrogen) atoms. The molecule has 0 spiro atoms. The normalized spacial score (nSPS) is 12.0. The van der Waals surface area contributed by atoms with E-state index in [1.807, 2.05) is 80.1 Å². The van der Waals surface area contributed by atoms with E-state index in [1.165, 1.54) is 0 Å². The number of carbonyl (C=O) groups excluding carboxylic acids is 1. The van der Waals surface area contributed by atoms with Crippen LogP contribution in [-0.4, -0.2) is 53.7 Å². The fourth-order valence-electron chi connectivity index (χ4n) is 2.51. The van der Waals surface area contributed by atoms with Gasteiger partial charge in [0.1, 0.15) is 0 Å². The molecule has 0 aliphatic rings. The number of amides is 1. The fraction of sp³-hybridized carbons (Fsp3) is 0.450. The predicted molar refractivity (Wildman–Crippen MR) is 109 cm³/mol. The number of aliphatic imine (C=N–C) groups is 1. The topological polar surface area (TPSA) is 74.6 Å². The fourth-order valence-corrected chi connectivity index (χ4v) is 2.51. The molecule has 1 amide bonds. The number of nitrogens with one attached hydrogen (secondary N) is 2. The van der Waals surface area contributed by atoms with Gasteiger partial charge in [-0.1, -0.05) is 39.0 Å². The number of nitrogens with zero attached hydrogens (tertiary/aromatic N) is 4. The summed E-state index contributed by atoms with van der Waals surface area (Å²) in [4.78, 5) is 18.2. The molecule has 0 unspecified atom stereocenters. The van der Waals surface area contributed by atoms with E-state index in [9.17, 15) is 4.79 Å². The minimum absolute atomic E-state index is 0.0426. The van der Waals surface area contributed by atoms with Gasteiger partial charge in [0, 0.05) is 50.9 Å². The number of guanidine groups is 1. The third kappa shape index (κ3) is 6.13. The molecule has 0 radical (unpaired) electrons. The van der Waals surface area contributed by atoms with E-state index in [4.69, 9.17) is 0 Å². The first kappa shape index (κ1) is 20.5. The number of carbonyl (C=O) groups is 1. The summed E-state index contributed by atoms with van der Waals surface area (Å²) in [6, 6.07) is 10.0. The molecule has 2 rings (SSSR count). The van der Waals surface area contributed by atoms with Gasteiger partial charge < -0.3 is 15.5 Å². The van der Waals surface area contributed by atoms with Crippen molar-refractivity contribution in [3.63, 3.8) is 0 Å². The van der Waals surface area contributed by atoms with Gasteiger partial charge in [0.2, 0.25) is 5.91 Å². The summed E-state index contributed by atoms with van der Waals surface area (Å²) in [5.74, 6) is 0.813. The zero-order chi connectivity index (χ0) is 19.9. The summed E-state index contributed by atoms with van der Waals surface area (Å²) in [6.45, 7) is 7.55. The Morgan fingerprint density at radius 1 is 1.19 bits per heavy atom. The molecule has 0 aliphatic heterocycles. The van der Waals surface area contributed by atoms with Crippen molar-refractivity contribution >= 4 is 11.9 Å². The van der Waals surface area contributed by atoms with Crippen molar-refractivity contribution in [2.24, 2.45) is 10.4 Å². The number of rotatable bonds is 6. The van der Waals surface area contributed by atoms with Crippen molar-refractivity contribution in [1.29, 1.82) is 0 Å². The highest BCUT2D eigenvalue weighted by molar-refractivity contribution is 5.81. The Labute approximate surface area is 161 Å². The maximum atomic E-state index is 11.9. The lowest BCUT2D eigenvalue weighted by atomic mass is 9.96. The zero-order valence-electron chi connectivity index (χ0n) is 16.9. The average molecular weight is 371 g/mol. The van der Waals surface area contributed by atoms with E-state index >= 15 is 0 Å². The van der Waals surface area contributed by atoms with Crippen LogP contribution in [-0.2, 0) is 11.3 Å². The summed E-state index contributed by atoms with van der Waals surface area (Å²) < 4.78 is 1.86. The first-order chi connectivity index (χ1) is 12.8. The van der Waals surface area contributed by atoms with Crippen molar-refractivity contribution in [1.82, 2.24) is 25.3 Å². The van der Waals surface area contributed by atoms with Crippen molar-refractivity contribution in [2.75, 3.05) is 27.2 Å². The van der Waals surface area contributed by atoms with Crippen LogP contribution in [0.2, 0.25) is 0 Å². The maximum absolute atomic E-state index is 11.9. The Hall–Kier alpha value is -2.83. The lowest BCUT2D eigenvalue weighted by molar-refractivity contribution is -0.128. The van der Waals surface area contributed by atoms with Gasteiger partial charge in [-0.15, -0.1) is 0 Å². The third-order valence-electron chi connectivity index (χ3n) is 4.02. The van der Waals surface area contributed by atoms with Gasteiger partial charge in [0.15, 0.2) is 5.96 Å². The second-order valence-corrected chi connectivity index (χ2v) is 7.46. The molecule has 0 aliphatic carbocycles. The highest BCUT2D eigenvalue weighted by Gasteiger charge is 2.20. The van der Waals surface area contributed by atoms with Crippen LogP contribution in [0.4, 0.5) is 0 Å². The van der Waals surface area contributed by atoms with Gasteiger partial charge in [-0.05, 0) is 12.1 Å². The van der Waals surface area contributed by atoms with Crippen molar-refractivity contribution in [3.8, 4) is 5.69 Å². The molecule has 1 aromatic heterocycles. The molecule has 7 nitrogen and oxygen atoms in total. The molecule has 7 heteroatoms. The average Bonchev–Trinajstić information content (AvgIpc) is 3.10. The summed E-state index contributed by atoms with van der Waals surface area (Å²) in [5, 5.41) is 10.6. The Morgan fingerprint density at radius 3 is 2.48 bits per heavy atom. The van der Waals surface area contributed by atoms with E-state index in [0.717, 1.165) is 17.2 Å². The van der Waals surface area contributed by atoms with Crippen LogP contribution in [0.3, 0.4) is 0 Å². The van der Waals surface area contributed by atoms with Crippen LogP contribution in [0.15, 0.2) is 47.7 Å². The first-order valence-corrected chi connectivity index (χ1v) is 9.10. The number of para-hydroxylation sites is 1. The second-order valence-electron chi connectivity index (χ2n) is 7.46. The summed E-state index contributed by atoms with van der Waals surface area (Å²) >= 11 is 0. The molecule has 2 N–H and O–H groups in total. The molecule has 0 saturated heterocycles. The SMILES string of the molecule is CN=C(NCCNC(=O)C(C)(C)C)N(C)Cc1cnn(-c2ccccc2)c1. The van der Waals surface area contributed by atoms with Gasteiger partial charge in [0.05, 0.1) is 11.9 Å². The molecular formula is C20H30N6O. The summed E-state index contributed by atoms with van der Waals surface area (Å²) in [7, 11) is 3.73. The van der Waals surface area contributed by atoms with Crippen LogP contribution in [0.1, 0.15) is 26.3 Å². The monoisotopic (exact) mass is 370 g/mol. The lowest BCUT2D eigenvalue weighted by Crippen LogP contribution is -2.43.